The van der Waals surface area contributed by atoms with Crippen LogP contribution in [-0.2, 0) is 6.18 Å². The molecule has 0 spiro atoms. The maximum Gasteiger partial charge on any atom is 0.453 e. The van der Waals surface area contributed by atoms with E-state index in [1.165, 1.54) is 36.1 Å². The smallest absolute Gasteiger partial charge is 0.453 e. The third-order valence-electron chi connectivity index (χ3n) is 4.30. The highest BCUT2D eigenvalue weighted by molar-refractivity contribution is 5.83. The Balaban J connectivity index is 1.85. The van der Waals surface area contributed by atoms with Gasteiger partial charge in [0.1, 0.15) is 11.3 Å². The molecule has 2 aromatic heterocycles. The van der Waals surface area contributed by atoms with Gasteiger partial charge in [0, 0.05) is 5.56 Å². The summed E-state index contributed by atoms with van der Waals surface area (Å²) in [5.74, 6) is -2.94. The van der Waals surface area contributed by atoms with Crippen LogP contribution in [0.25, 0.3) is 16.7 Å². The summed E-state index contributed by atoms with van der Waals surface area (Å²) < 4.78 is 52.3. The zero-order valence-electron chi connectivity index (χ0n) is 14.9. The Labute approximate surface area is 161 Å². The average Bonchev–Trinajstić information content (AvgIpc) is 3.15. The van der Waals surface area contributed by atoms with E-state index in [-0.39, 0.29) is 28.0 Å². The van der Waals surface area contributed by atoms with E-state index >= 15 is 0 Å². The number of para-hydroxylation sites is 1. The third-order valence-corrected chi connectivity index (χ3v) is 4.30. The largest absolute Gasteiger partial charge is 0.508 e. The molecule has 9 heteroatoms. The van der Waals surface area contributed by atoms with Crippen molar-refractivity contribution < 1.29 is 27.4 Å². The fourth-order valence-corrected chi connectivity index (χ4v) is 2.84. The lowest BCUT2D eigenvalue weighted by atomic mass is 10.1. The second-order valence-corrected chi connectivity index (χ2v) is 6.23. The number of aromatic hydroxyl groups is 1. The Morgan fingerprint density at radius 3 is 2.55 bits per heavy atom. The molecule has 0 saturated heterocycles. The van der Waals surface area contributed by atoms with Gasteiger partial charge in [0.15, 0.2) is 5.75 Å². The van der Waals surface area contributed by atoms with Gasteiger partial charge in [-0.1, -0.05) is 18.2 Å². The van der Waals surface area contributed by atoms with Gasteiger partial charge in [0.25, 0.3) is 5.76 Å². The third kappa shape index (κ3) is 3.31. The van der Waals surface area contributed by atoms with Crippen LogP contribution in [-0.4, -0.2) is 14.9 Å². The number of benzene rings is 2. The molecule has 0 amide bonds. The first kappa shape index (κ1) is 18.6. The lowest BCUT2D eigenvalue weighted by Gasteiger charge is -2.13. The highest BCUT2D eigenvalue weighted by atomic mass is 19.4. The molecule has 0 bridgehead atoms. The number of alkyl halides is 3. The minimum Gasteiger partial charge on any atom is -0.508 e. The van der Waals surface area contributed by atoms with E-state index in [1.54, 1.807) is 30.3 Å². The fourth-order valence-electron chi connectivity index (χ4n) is 2.84. The summed E-state index contributed by atoms with van der Waals surface area (Å²) in [6, 6.07) is 11.2. The molecular weight excluding hydrogens is 389 g/mol. The van der Waals surface area contributed by atoms with E-state index in [0.717, 1.165) is 0 Å². The van der Waals surface area contributed by atoms with Crippen LogP contribution < -0.4 is 10.2 Å². The first-order valence-corrected chi connectivity index (χ1v) is 8.40. The normalized spacial score (nSPS) is 11.7. The molecule has 0 atom stereocenters. The van der Waals surface area contributed by atoms with Crippen molar-refractivity contribution in [2.75, 3.05) is 0 Å². The summed E-state index contributed by atoms with van der Waals surface area (Å²) in [4.78, 5) is 12.7. The molecule has 0 aliphatic heterocycles. The SMILES string of the molecule is Cc1c(O)ccc2c(=O)c(Oc3cnn(-c4ccccc4)c3)c(C(F)(F)F)oc12. The number of aryl methyl sites for hydroxylation is 1. The summed E-state index contributed by atoms with van der Waals surface area (Å²) >= 11 is 0. The van der Waals surface area contributed by atoms with E-state index in [1.807, 2.05) is 0 Å². The highest BCUT2D eigenvalue weighted by Gasteiger charge is 2.41. The summed E-state index contributed by atoms with van der Waals surface area (Å²) in [5, 5.41) is 13.6. The topological polar surface area (TPSA) is 77.5 Å². The molecule has 0 saturated carbocycles. The van der Waals surface area contributed by atoms with Crippen LogP contribution in [0.2, 0.25) is 0 Å². The molecule has 2 heterocycles. The van der Waals surface area contributed by atoms with Gasteiger partial charge in [0.2, 0.25) is 11.2 Å². The number of hydrogen-bond donors (Lipinski definition) is 1. The van der Waals surface area contributed by atoms with Gasteiger partial charge in [-0.15, -0.1) is 0 Å². The molecule has 6 nitrogen and oxygen atoms in total. The van der Waals surface area contributed by atoms with E-state index in [9.17, 15) is 23.1 Å². The molecule has 0 aliphatic carbocycles. The van der Waals surface area contributed by atoms with Crippen molar-refractivity contribution in [3.05, 3.63) is 76.4 Å². The van der Waals surface area contributed by atoms with Crippen molar-refractivity contribution in [1.82, 2.24) is 9.78 Å². The minimum atomic E-state index is -4.99. The number of rotatable bonds is 3. The average molecular weight is 402 g/mol. The summed E-state index contributed by atoms with van der Waals surface area (Å²) in [7, 11) is 0. The summed E-state index contributed by atoms with van der Waals surface area (Å²) in [6.45, 7) is 1.35. The van der Waals surface area contributed by atoms with Crippen LogP contribution in [0.4, 0.5) is 13.2 Å². The van der Waals surface area contributed by atoms with Crippen molar-refractivity contribution in [3.63, 3.8) is 0 Å². The number of ether oxygens (including phenoxy) is 1. The van der Waals surface area contributed by atoms with Crippen molar-refractivity contribution in [3.8, 4) is 22.9 Å². The molecule has 0 unspecified atom stereocenters. The molecule has 2 aromatic carbocycles. The lowest BCUT2D eigenvalue weighted by molar-refractivity contribution is -0.154. The monoisotopic (exact) mass is 402 g/mol. The van der Waals surface area contributed by atoms with Gasteiger partial charge in [-0.05, 0) is 31.2 Å². The molecule has 4 rings (SSSR count). The Morgan fingerprint density at radius 1 is 1.14 bits per heavy atom. The number of phenolic OH excluding ortho intramolecular Hbond substituents is 1. The van der Waals surface area contributed by atoms with E-state index < -0.39 is 23.1 Å². The van der Waals surface area contributed by atoms with Crippen LogP contribution >= 0.6 is 0 Å². The van der Waals surface area contributed by atoms with Crippen LogP contribution in [0, 0.1) is 6.92 Å². The predicted octanol–water partition coefficient (Wildman–Crippen LogP) is 4.80. The zero-order valence-corrected chi connectivity index (χ0v) is 14.9. The van der Waals surface area contributed by atoms with Gasteiger partial charge >= 0.3 is 6.18 Å². The Morgan fingerprint density at radius 2 is 1.86 bits per heavy atom. The second kappa shape index (κ2) is 6.69. The van der Waals surface area contributed by atoms with Crippen LogP contribution in [0.15, 0.2) is 64.1 Å². The first-order chi connectivity index (χ1) is 13.8. The Kier molecular flexibility index (Phi) is 4.30. The van der Waals surface area contributed by atoms with Gasteiger partial charge in [-0.3, -0.25) is 4.79 Å². The highest BCUT2D eigenvalue weighted by Crippen LogP contribution is 2.39. The van der Waals surface area contributed by atoms with E-state index in [0.29, 0.717) is 5.69 Å². The summed E-state index contributed by atoms with van der Waals surface area (Å²) in [6.07, 6.45) is -2.45. The Bertz CT molecular complexity index is 1260. The molecular formula is C20H13F3N2O4. The minimum absolute atomic E-state index is 0.0218. The van der Waals surface area contributed by atoms with Gasteiger partial charge in [-0.2, -0.15) is 18.3 Å². The molecule has 148 valence electrons. The molecule has 0 radical (unpaired) electrons. The van der Waals surface area contributed by atoms with Crippen LogP contribution in [0.5, 0.6) is 17.2 Å². The quantitative estimate of drug-likeness (QED) is 0.533. The maximum absolute atomic E-state index is 13.6. The van der Waals surface area contributed by atoms with Gasteiger partial charge in [-0.25, -0.2) is 4.68 Å². The standard InChI is InChI=1S/C20H13F3N2O4/c1-11-15(26)8-7-14-16(27)18(19(20(21,22)23)29-17(11)14)28-13-9-24-25(10-13)12-5-3-2-4-6-12/h2-10,26H,1H3. The number of aromatic nitrogens is 2. The number of hydrogen-bond acceptors (Lipinski definition) is 5. The first-order valence-electron chi connectivity index (χ1n) is 8.40. The summed E-state index contributed by atoms with van der Waals surface area (Å²) in [5.41, 5.74) is -0.674. The predicted molar refractivity (Wildman–Crippen MR) is 97.5 cm³/mol. The number of halogens is 3. The second-order valence-electron chi connectivity index (χ2n) is 6.23. The van der Waals surface area contributed by atoms with Crippen molar-refractivity contribution in [2.24, 2.45) is 0 Å². The Hall–Kier alpha value is -3.75. The lowest BCUT2D eigenvalue weighted by Crippen LogP contribution is -2.15. The van der Waals surface area contributed by atoms with Crippen molar-refractivity contribution >= 4 is 11.0 Å². The van der Waals surface area contributed by atoms with Gasteiger partial charge in [0.05, 0.1) is 23.5 Å². The molecule has 0 fully saturated rings. The molecule has 4 aromatic rings. The number of phenols is 1. The van der Waals surface area contributed by atoms with E-state index in [2.05, 4.69) is 5.10 Å². The molecule has 0 aliphatic rings. The maximum atomic E-state index is 13.6. The number of fused-ring (bicyclic) bond motifs is 1. The van der Waals surface area contributed by atoms with Crippen molar-refractivity contribution in [1.29, 1.82) is 0 Å². The molecule has 29 heavy (non-hydrogen) atoms. The van der Waals surface area contributed by atoms with E-state index in [4.69, 9.17) is 9.15 Å². The molecule has 1 N–H and O–H groups in total. The number of nitrogens with zero attached hydrogens (tertiary/aromatic N) is 2. The van der Waals surface area contributed by atoms with Crippen molar-refractivity contribution in [2.45, 2.75) is 13.1 Å². The van der Waals surface area contributed by atoms with Gasteiger partial charge < -0.3 is 14.3 Å². The fraction of sp³-hybridized carbons (Fsp3) is 0.100. The zero-order chi connectivity index (χ0) is 20.8. The van der Waals surface area contributed by atoms with Crippen LogP contribution in [0.1, 0.15) is 11.3 Å². The van der Waals surface area contributed by atoms with Crippen LogP contribution in [0.3, 0.4) is 0 Å².